The lowest BCUT2D eigenvalue weighted by Crippen LogP contribution is -2.50. The number of morpholine rings is 1. The van der Waals surface area contributed by atoms with Gasteiger partial charge in [0.2, 0.25) is 11.8 Å². The predicted molar refractivity (Wildman–Crippen MR) is 101 cm³/mol. The molecular weight excluding hydrogens is 362 g/mol. The number of carbonyl (C=O) groups is 2. The number of hydrogen-bond acceptors (Lipinski definition) is 6. The summed E-state index contributed by atoms with van der Waals surface area (Å²) < 4.78 is 16.4. The second-order valence-electron chi connectivity index (χ2n) is 6.45. The summed E-state index contributed by atoms with van der Waals surface area (Å²) in [5, 5.41) is 0. The van der Waals surface area contributed by atoms with E-state index >= 15 is 0 Å². The average molecular weight is 381 g/mol. The van der Waals surface area contributed by atoms with Crippen molar-refractivity contribution in [1.29, 1.82) is 0 Å². The molecule has 2 N–H and O–H groups in total. The van der Waals surface area contributed by atoms with Crippen molar-refractivity contribution >= 4 is 22.9 Å². The van der Waals surface area contributed by atoms with Gasteiger partial charge in [0.1, 0.15) is 11.3 Å². The number of hydrogen-bond donors (Lipinski definition) is 1. The number of oxazole rings is 1. The maximum absolute atomic E-state index is 12.8. The maximum Gasteiger partial charge on any atom is 0.254 e. The van der Waals surface area contributed by atoms with Gasteiger partial charge in [-0.1, -0.05) is 6.07 Å². The number of aromatic nitrogens is 1. The fraction of sp³-hybridized carbons (Fsp3) is 0.250. The lowest BCUT2D eigenvalue weighted by molar-refractivity contribution is -0.133. The van der Waals surface area contributed by atoms with Gasteiger partial charge in [-0.2, -0.15) is 0 Å². The van der Waals surface area contributed by atoms with Crippen LogP contribution in [-0.4, -0.2) is 54.6 Å². The van der Waals surface area contributed by atoms with Crippen LogP contribution in [0.1, 0.15) is 10.4 Å². The molecule has 1 aromatic heterocycles. The molecule has 0 saturated carbocycles. The normalized spacial score (nSPS) is 16.9. The van der Waals surface area contributed by atoms with Crippen LogP contribution in [0, 0.1) is 0 Å². The highest BCUT2D eigenvalue weighted by atomic mass is 16.5. The summed E-state index contributed by atoms with van der Waals surface area (Å²) in [6.45, 7) is 0.799. The highest BCUT2D eigenvalue weighted by Gasteiger charge is 2.28. The summed E-state index contributed by atoms with van der Waals surface area (Å²) in [7, 11) is 1.59. The molecule has 0 bridgehead atoms. The fourth-order valence-electron chi connectivity index (χ4n) is 3.13. The molecule has 28 heavy (non-hydrogen) atoms. The highest BCUT2D eigenvalue weighted by molar-refractivity contribution is 5.97. The van der Waals surface area contributed by atoms with Gasteiger partial charge in [0.15, 0.2) is 11.7 Å². The van der Waals surface area contributed by atoms with Gasteiger partial charge in [0, 0.05) is 17.7 Å². The second kappa shape index (κ2) is 7.32. The molecule has 0 spiro atoms. The van der Waals surface area contributed by atoms with Crippen LogP contribution in [0.5, 0.6) is 5.75 Å². The lowest BCUT2D eigenvalue weighted by Gasteiger charge is -2.31. The number of nitrogens with two attached hydrogens (primary N) is 1. The third-order valence-electron chi connectivity index (χ3n) is 4.62. The van der Waals surface area contributed by atoms with Crippen molar-refractivity contribution in [3.05, 3.63) is 48.0 Å². The fourth-order valence-corrected chi connectivity index (χ4v) is 3.13. The third kappa shape index (κ3) is 3.41. The number of amides is 2. The first kappa shape index (κ1) is 18.0. The summed E-state index contributed by atoms with van der Waals surface area (Å²) in [6.07, 6.45) is -0.786. The van der Waals surface area contributed by atoms with Gasteiger partial charge in [-0.15, -0.1) is 0 Å². The standard InChI is InChI=1S/C20H19N3O5/c1-26-14-4-2-3-12(9-14)19-22-15-6-5-13(10-16(15)28-19)20(25)23-7-8-27-17(11-23)18(21)24/h2-6,9-10,17H,7-8,11H2,1H3,(H2,21,24)/t17-/m1/s1. The molecule has 0 unspecified atom stereocenters. The zero-order valence-corrected chi connectivity index (χ0v) is 15.3. The van der Waals surface area contributed by atoms with Crippen molar-refractivity contribution in [3.8, 4) is 17.2 Å². The van der Waals surface area contributed by atoms with E-state index in [1.807, 2.05) is 24.3 Å². The van der Waals surface area contributed by atoms with Crippen LogP contribution >= 0.6 is 0 Å². The maximum atomic E-state index is 12.8. The van der Waals surface area contributed by atoms with Crippen LogP contribution in [-0.2, 0) is 9.53 Å². The van der Waals surface area contributed by atoms with Crippen LogP contribution in [0.4, 0.5) is 0 Å². The van der Waals surface area contributed by atoms with E-state index in [1.54, 1.807) is 30.2 Å². The van der Waals surface area contributed by atoms with Gasteiger partial charge in [-0.25, -0.2) is 4.98 Å². The van der Waals surface area contributed by atoms with Gasteiger partial charge in [-0.05, 0) is 36.4 Å². The average Bonchev–Trinajstić information content (AvgIpc) is 3.16. The largest absolute Gasteiger partial charge is 0.497 e. The van der Waals surface area contributed by atoms with Crippen LogP contribution < -0.4 is 10.5 Å². The SMILES string of the molecule is COc1cccc(-c2nc3ccc(C(=O)N4CCO[C@@H](C(N)=O)C4)cc3o2)c1. The van der Waals surface area contributed by atoms with Crippen molar-refractivity contribution in [2.24, 2.45) is 5.73 Å². The second-order valence-corrected chi connectivity index (χ2v) is 6.45. The molecule has 4 rings (SSSR count). The number of ether oxygens (including phenoxy) is 2. The minimum absolute atomic E-state index is 0.137. The molecule has 8 nitrogen and oxygen atoms in total. The quantitative estimate of drug-likeness (QED) is 0.739. The van der Waals surface area contributed by atoms with Gasteiger partial charge in [0.05, 0.1) is 20.3 Å². The monoisotopic (exact) mass is 381 g/mol. The van der Waals surface area contributed by atoms with E-state index in [4.69, 9.17) is 19.6 Å². The van der Waals surface area contributed by atoms with Crippen LogP contribution in [0.15, 0.2) is 46.9 Å². The Balaban J connectivity index is 1.61. The topological polar surface area (TPSA) is 108 Å². The molecule has 144 valence electrons. The molecule has 1 atom stereocenters. The summed E-state index contributed by atoms with van der Waals surface area (Å²) in [5.41, 5.74) is 7.66. The molecule has 1 aliphatic heterocycles. The number of rotatable bonds is 4. The van der Waals surface area contributed by atoms with Gasteiger partial charge < -0.3 is 24.5 Å². The lowest BCUT2D eigenvalue weighted by atomic mass is 10.1. The minimum Gasteiger partial charge on any atom is -0.497 e. The molecule has 2 heterocycles. The Kier molecular flexibility index (Phi) is 4.70. The Bertz CT molecular complexity index is 1050. The molecule has 8 heteroatoms. The number of benzene rings is 2. The van der Waals surface area contributed by atoms with E-state index < -0.39 is 12.0 Å². The van der Waals surface area contributed by atoms with E-state index in [9.17, 15) is 9.59 Å². The molecule has 2 amide bonds. The minimum atomic E-state index is -0.786. The molecule has 1 fully saturated rings. The van der Waals surface area contributed by atoms with Crippen molar-refractivity contribution in [2.75, 3.05) is 26.8 Å². The highest BCUT2D eigenvalue weighted by Crippen LogP contribution is 2.27. The van der Waals surface area contributed by atoms with Crippen LogP contribution in [0.3, 0.4) is 0 Å². The smallest absolute Gasteiger partial charge is 0.254 e. The van der Waals surface area contributed by atoms with E-state index in [2.05, 4.69) is 4.98 Å². The third-order valence-corrected chi connectivity index (χ3v) is 4.62. The molecule has 0 aliphatic carbocycles. The van der Waals surface area contributed by atoms with Crippen molar-refractivity contribution in [1.82, 2.24) is 9.88 Å². The van der Waals surface area contributed by atoms with E-state index in [0.29, 0.717) is 34.8 Å². The zero-order chi connectivity index (χ0) is 19.7. The van der Waals surface area contributed by atoms with E-state index in [-0.39, 0.29) is 19.1 Å². The molecule has 1 aliphatic rings. The number of primary amides is 1. The molecule has 2 aromatic carbocycles. The summed E-state index contributed by atoms with van der Waals surface area (Å²) in [6, 6.07) is 12.5. The Morgan fingerprint density at radius 2 is 2.11 bits per heavy atom. The predicted octanol–water partition coefficient (Wildman–Crippen LogP) is 1.83. The van der Waals surface area contributed by atoms with Gasteiger partial charge in [-0.3, -0.25) is 9.59 Å². The number of carbonyl (C=O) groups excluding carboxylic acids is 2. The van der Waals surface area contributed by atoms with Crippen molar-refractivity contribution in [2.45, 2.75) is 6.10 Å². The molecule has 3 aromatic rings. The Morgan fingerprint density at radius 1 is 1.25 bits per heavy atom. The van der Waals surface area contributed by atoms with E-state index in [1.165, 1.54) is 0 Å². The number of nitrogens with zero attached hydrogens (tertiary/aromatic N) is 2. The number of methoxy groups -OCH3 is 1. The Labute approximate surface area is 160 Å². The van der Waals surface area contributed by atoms with E-state index in [0.717, 1.165) is 5.56 Å². The summed E-state index contributed by atoms with van der Waals surface area (Å²) >= 11 is 0. The van der Waals surface area contributed by atoms with Gasteiger partial charge in [0.25, 0.3) is 5.91 Å². The van der Waals surface area contributed by atoms with Crippen LogP contribution in [0.2, 0.25) is 0 Å². The first-order valence-corrected chi connectivity index (χ1v) is 8.80. The Hall–Kier alpha value is -3.39. The van der Waals surface area contributed by atoms with Crippen molar-refractivity contribution < 1.29 is 23.5 Å². The first-order valence-electron chi connectivity index (χ1n) is 8.80. The molecule has 1 saturated heterocycles. The first-order chi connectivity index (χ1) is 13.5. The van der Waals surface area contributed by atoms with Gasteiger partial charge >= 0.3 is 0 Å². The summed E-state index contributed by atoms with van der Waals surface area (Å²) in [4.78, 5) is 30.2. The van der Waals surface area contributed by atoms with Crippen LogP contribution in [0.25, 0.3) is 22.6 Å². The zero-order valence-electron chi connectivity index (χ0n) is 15.3. The molecular formula is C20H19N3O5. The van der Waals surface area contributed by atoms with Crippen molar-refractivity contribution in [3.63, 3.8) is 0 Å². The molecule has 0 radical (unpaired) electrons. The number of fused-ring (bicyclic) bond motifs is 1. The Morgan fingerprint density at radius 3 is 2.89 bits per heavy atom. The summed E-state index contributed by atoms with van der Waals surface area (Å²) in [5.74, 6) is 0.354.